The fourth-order valence-electron chi connectivity index (χ4n) is 6.40. The number of ether oxygens (including phenoxy) is 1. The summed E-state index contributed by atoms with van der Waals surface area (Å²) in [7, 11) is 2.11. The van der Waals surface area contributed by atoms with Crippen molar-refractivity contribution < 1.29 is 33.4 Å². The molecule has 0 saturated carbocycles. The highest BCUT2D eigenvalue weighted by atomic mass is 16.5. The molecule has 46 heavy (non-hydrogen) atoms. The Balaban J connectivity index is 1.59. The van der Waals surface area contributed by atoms with Crippen molar-refractivity contribution in [3.8, 4) is 0 Å². The number of rotatable bonds is 4. The summed E-state index contributed by atoms with van der Waals surface area (Å²) in [6, 6.07) is -0.783. The van der Waals surface area contributed by atoms with Crippen LogP contribution in [0.1, 0.15) is 56.4 Å². The SMILES string of the molecule is CC1=C\[C@@H](O)CC(=O)Cc2nc(co2)C(=O)N2CCC[C@@H]2C(=O)O[C@H]([C@@H](C)CN2CCN(C)CC2)[C@H](C)/C=C(/C=O)CNC\C=C\1. The quantitative estimate of drug-likeness (QED) is 0.368. The number of piperazine rings is 1. The van der Waals surface area contributed by atoms with E-state index in [1.807, 2.05) is 32.1 Å². The van der Waals surface area contributed by atoms with Gasteiger partial charge in [0.2, 0.25) is 5.89 Å². The molecule has 4 rings (SSSR count). The Morgan fingerprint density at radius 3 is 2.65 bits per heavy atom. The van der Waals surface area contributed by atoms with Crippen molar-refractivity contribution >= 4 is 23.9 Å². The Morgan fingerprint density at radius 2 is 1.91 bits per heavy atom. The molecule has 0 spiro atoms. The number of allylic oxidation sites excluding steroid dienone is 2. The number of cyclic esters (lactones) is 1. The summed E-state index contributed by atoms with van der Waals surface area (Å²) < 4.78 is 11.7. The second-order valence-electron chi connectivity index (χ2n) is 12.9. The van der Waals surface area contributed by atoms with Gasteiger partial charge in [0.05, 0.1) is 12.5 Å². The molecule has 2 bridgehead atoms. The van der Waals surface area contributed by atoms with E-state index < -0.39 is 30.1 Å². The Labute approximate surface area is 271 Å². The van der Waals surface area contributed by atoms with Crippen LogP contribution in [0.5, 0.6) is 0 Å². The van der Waals surface area contributed by atoms with Crippen LogP contribution in [0, 0.1) is 11.8 Å². The molecule has 0 aliphatic carbocycles. The van der Waals surface area contributed by atoms with Crippen LogP contribution in [0.3, 0.4) is 0 Å². The number of carbonyl (C=O) groups excluding carboxylic acids is 4. The van der Waals surface area contributed by atoms with Crippen molar-refractivity contribution in [1.82, 2.24) is 25.0 Å². The Kier molecular flexibility index (Phi) is 13.0. The van der Waals surface area contributed by atoms with E-state index in [4.69, 9.17) is 9.15 Å². The third-order valence-corrected chi connectivity index (χ3v) is 8.87. The number of oxazole rings is 1. The monoisotopic (exact) mass is 639 g/mol. The minimum Gasteiger partial charge on any atom is -0.460 e. The van der Waals surface area contributed by atoms with Gasteiger partial charge in [0.25, 0.3) is 5.91 Å². The van der Waals surface area contributed by atoms with E-state index in [-0.39, 0.29) is 42.0 Å². The molecule has 1 aromatic heterocycles. The van der Waals surface area contributed by atoms with Gasteiger partial charge in [-0.25, -0.2) is 9.78 Å². The molecule has 4 heterocycles. The molecule has 5 atom stereocenters. The van der Waals surface area contributed by atoms with Crippen LogP contribution in [-0.2, 0) is 25.5 Å². The second kappa shape index (κ2) is 16.9. The lowest BCUT2D eigenvalue weighted by molar-refractivity contribution is -0.158. The number of aliphatic hydroxyl groups is 1. The van der Waals surface area contributed by atoms with E-state index in [2.05, 4.69) is 34.1 Å². The second-order valence-corrected chi connectivity index (χ2v) is 12.9. The number of esters is 1. The number of ketones is 1. The fraction of sp³-hybridized carbons (Fsp3) is 0.618. The molecule has 0 radical (unpaired) electrons. The minimum absolute atomic E-state index is 0.0155. The maximum Gasteiger partial charge on any atom is 0.329 e. The lowest BCUT2D eigenvalue weighted by atomic mass is 9.90. The van der Waals surface area contributed by atoms with E-state index in [9.17, 15) is 24.3 Å². The van der Waals surface area contributed by atoms with Gasteiger partial charge in [0, 0.05) is 76.2 Å². The summed E-state index contributed by atoms with van der Waals surface area (Å²) in [5.41, 5.74) is 1.35. The van der Waals surface area contributed by atoms with Gasteiger partial charge in [-0.05, 0) is 26.8 Å². The average molecular weight is 640 g/mol. The lowest BCUT2D eigenvalue weighted by Gasteiger charge is -2.37. The van der Waals surface area contributed by atoms with Crippen LogP contribution in [0.25, 0.3) is 0 Å². The number of amides is 1. The molecular formula is C34H49N5O7. The highest BCUT2D eigenvalue weighted by molar-refractivity contribution is 5.95. The number of aromatic nitrogens is 1. The molecule has 2 fully saturated rings. The summed E-state index contributed by atoms with van der Waals surface area (Å²) in [5, 5.41) is 13.6. The van der Waals surface area contributed by atoms with Gasteiger partial charge in [0.15, 0.2) is 5.69 Å². The predicted molar refractivity (Wildman–Crippen MR) is 172 cm³/mol. The maximum absolute atomic E-state index is 13.8. The minimum atomic E-state index is -0.989. The number of nitrogens with one attached hydrogen (secondary N) is 1. The molecule has 3 aliphatic heterocycles. The topological polar surface area (TPSA) is 146 Å². The van der Waals surface area contributed by atoms with E-state index >= 15 is 0 Å². The van der Waals surface area contributed by atoms with E-state index in [0.717, 1.165) is 44.6 Å². The average Bonchev–Trinajstić information content (AvgIpc) is 3.69. The third kappa shape index (κ3) is 10.0. The largest absolute Gasteiger partial charge is 0.460 e. The smallest absolute Gasteiger partial charge is 0.329 e. The van der Waals surface area contributed by atoms with Gasteiger partial charge in [-0.15, -0.1) is 0 Å². The summed E-state index contributed by atoms with van der Waals surface area (Å²) in [5.74, 6) is -1.46. The van der Waals surface area contributed by atoms with Gasteiger partial charge < -0.3 is 34.3 Å². The summed E-state index contributed by atoms with van der Waals surface area (Å²) >= 11 is 0. The van der Waals surface area contributed by atoms with Crippen LogP contribution in [0.4, 0.5) is 0 Å². The third-order valence-electron chi connectivity index (χ3n) is 8.87. The number of hydrogen-bond acceptors (Lipinski definition) is 11. The zero-order valence-electron chi connectivity index (χ0n) is 27.5. The molecular weight excluding hydrogens is 590 g/mol. The number of carbonyl (C=O) groups is 4. The van der Waals surface area contributed by atoms with Gasteiger partial charge in [-0.1, -0.05) is 43.7 Å². The van der Waals surface area contributed by atoms with Crippen molar-refractivity contribution in [3.05, 3.63) is 53.3 Å². The predicted octanol–water partition coefficient (Wildman–Crippen LogP) is 1.80. The Morgan fingerprint density at radius 1 is 1.15 bits per heavy atom. The van der Waals surface area contributed by atoms with Gasteiger partial charge in [-0.3, -0.25) is 14.4 Å². The number of aliphatic hydroxyl groups excluding tert-OH is 1. The van der Waals surface area contributed by atoms with Crippen molar-refractivity contribution in [2.24, 2.45) is 11.8 Å². The normalized spacial score (nSPS) is 30.8. The standard InChI is InChI=1S/C34H49N5O7/c1-23-7-5-9-35-19-26(21-40)16-24(2)32(25(3)20-38-13-11-37(4)12-14-38)46-34(44)30-8-6-10-39(30)33(43)29-22-45-31(36-29)18-28(42)17-27(41)15-23/h5,7,15-16,21-22,24-25,27,30,32,35,41H,6,8-14,17-20H2,1-4H3/b7-5+,23-15+,26-16+/t24-,25+,27-,30-,32+/m1/s1. The van der Waals surface area contributed by atoms with Crippen LogP contribution in [-0.4, -0.2) is 126 Å². The van der Waals surface area contributed by atoms with Gasteiger partial charge >= 0.3 is 5.97 Å². The first-order valence-electron chi connectivity index (χ1n) is 16.3. The lowest BCUT2D eigenvalue weighted by Crippen LogP contribution is -2.49. The number of nitrogens with zero attached hydrogens (tertiary/aromatic N) is 4. The Hall–Kier alpha value is -3.45. The van der Waals surface area contributed by atoms with Gasteiger partial charge in [-0.2, -0.15) is 0 Å². The molecule has 3 aliphatic rings. The van der Waals surface area contributed by atoms with Crippen LogP contribution in [0.15, 0.2) is 46.1 Å². The van der Waals surface area contributed by atoms with Crippen molar-refractivity contribution in [2.45, 2.75) is 64.7 Å². The first kappa shape index (κ1) is 35.4. The van der Waals surface area contributed by atoms with Crippen molar-refractivity contribution in [1.29, 1.82) is 0 Å². The number of hydrogen-bond donors (Lipinski definition) is 2. The molecule has 2 N–H and O–H groups in total. The summed E-state index contributed by atoms with van der Waals surface area (Å²) in [4.78, 5) is 62.3. The fourth-order valence-corrected chi connectivity index (χ4v) is 6.40. The molecule has 252 valence electrons. The molecule has 2 saturated heterocycles. The number of fused-ring (bicyclic) bond motifs is 3. The molecule has 0 aromatic carbocycles. The first-order valence-corrected chi connectivity index (χ1v) is 16.3. The zero-order valence-corrected chi connectivity index (χ0v) is 27.5. The zero-order chi connectivity index (χ0) is 33.2. The first-order chi connectivity index (χ1) is 22.0. The molecule has 12 heteroatoms. The van der Waals surface area contributed by atoms with Crippen molar-refractivity contribution in [2.75, 3.05) is 59.4 Å². The number of aldehydes is 1. The van der Waals surface area contributed by atoms with E-state index in [1.54, 1.807) is 6.08 Å². The van der Waals surface area contributed by atoms with Crippen LogP contribution in [0.2, 0.25) is 0 Å². The highest BCUT2D eigenvalue weighted by Gasteiger charge is 2.39. The summed E-state index contributed by atoms with van der Waals surface area (Å²) in [6.45, 7) is 11.5. The number of Topliss-reactive ketones (excluding diaryl/α,β-unsaturated/α-hetero) is 1. The Bertz CT molecular complexity index is 1310. The van der Waals surface area contributed by atoms with Crippen LogP contribution >= 0.6 is 0 Å². The van der Waals surface area contributed by atoms with E-state index in [0.29, 0.717) is 38.0 Å². The highest BCUT2D eigenvalue weighted by Crippen LogP contribution is 2.26. The molecule has 1 amide bonds. The van der Waals surface area contributed by atoms with Crippen LogP contribution < -0.4 is 5.32 Å². The molecule has 12 nitrogen and oxygen atoms in total. The number of likely N-dealkylation sites (N-methyl/N-ethyl adjacent to an activating group) is 1. The molecule has 0 unspecified atom stereocenters. The van der Waals surface area contributed by atoms with Crippen molar-refractivity contribution in [3.63, 3.8) is 0 Å². The van der Waals surface area contributed by atoms with Gasteiger partial charge in [0.1, 0.15) is 30.5 Å². The molecule has 1 aromatic rings. The van der Waals surface area contributed by atoms with E-state index in [1.165, 1.54) is 11.2 Å². The maximum atomic E-state index is 13.8. The summed E-state index contributed by atoms with van der Waals surface area (Å²) in [6.07, 6.45) is 8.48.